The molecule has 3 nitrogen and oxygen atoms in total. The summed E-state index contributed by atoms with van der Waals surface area (Å²) in [6.07, 6.45) is 0.998. The zero-order valence-electron chi connectivity index (χ0n) is 10.8. The first-order valence-electron chi connectivity index (χ1n) is 6.24. The molecule has 0 aliphatic carbocycles. The highest BCUT2D eigenvalue weighted by molar-refractivity contribution is 5.19. The fraction of sp³-hybridized carbons (Fsp3) is 0.267. The van der Waals surface area contributed by atoms with Crippen LogP contribution in [0, 0.1) is 5.82 Å². The molecular weight excluding hydrogens is 243 g/mol. The van der Waals surface area contributed by atoms with Gasteiger partial charge in [0.1, 0.15) is 5.82 Å². The Hall–Kier alpha value is -1.78. The molecule has 0 saturated carbocycles. The zero-order chi connectivity index (χ0) is 13.7. The Kier molecular flexibility index (Phi) is 4.60. The largest absolute Gasteiger partial charge is 0.387 e. The molecule has 0 bridgehead atoms. The number of aromatic nitrogens is 1. The van der Waals surface area contributed by atoms with Crippen molar-refractivity contribution in [3.63, 3.8) is 0 Å². The molecule has 1 unspecified atom stereocenters. The molecule has 0 fully saturated rings. The topological polar surface area (TPSA) is 45.1 Å². The summed E-state index contributed by atoms with van der Waals surface area (Å²) < 4.78 is 13.0. The number of pyridine rings is 1. The minimum atomic E-state index is -0.734. The standard InChI is InChI=1S/C15H17FN2O/c1-11(14-7-2-3-8-17-14)18-10-15(19)12-5-4-6-13(16)9-12/h2-9,11,15,18-19H,10H2,1H3/t11-,15?/m0/s1. The lowest BCUT2D eigenvalue weighted by Crippen LogP contribution is -2.25. The van der Waals surface area contributed by atoms with Crippen LogP contribution in [-0.4, -0.2) is 16.6 Å². The Morgan fingerprint density at radius 2 is 2.11 bits per heavy atom. The second kappa shape index (κ2) is 6.41. The highest BCUT2D eigenvalue weighted by Crippen LogP contribution is 2.15. The summed E-state index contributed by atoms with van der Waals surface area (Å²) >= 11 is 0. The second-order valence-corrected chi connectivity index (χ2v) is 4.46. The first-order valence-corrected chi connectivity index (χ1v) is 6.24. The van der Waals surface area contributed by atoms with E-state index in [1.54, 1.807) is 18.3 Å². The Morgan fingerprint density at radius 1 is 1.26 bits per heavy atom. The smallest absolute Gasteiger partial charge is 0.123 e. The number of nitrogens with zero attached hydrogens (tertiary/aromatic N) is 1. The van der Waals surface area contributed by atoms with Crippen molar-refractivity contribution < 1.29 is 9.50 Å². The summed E-state index contributed by atoms with van der Waals surface area (Å²) in [6.45, 7) is 2.32. The molecule has 2 N–H and O–H groups in total. The van der Waals surface area contributed by atoms with Gasteiger partial charge in [-0.3, -0.25) is 4.98 Å². The van der Waals surface area contributed by atoms with Crippen LogP contribution in [0.3, 0.4) is 0 Å². The van der Waals surface area contributed by atoms with Crippen molar-refractivity contribution in [1.82, 2.24) is 10.3 Å². The van der Waals surface area contributed by atoms with Crippen LogP contribution in [0.2, 0.25) is 0 Å². The minimum absolute atomic E-state index is 0.0319. The highest BCUT2D eigenvalue weighted by atomic mass is 19.1. The maximum Gasteiger partial charge on any atom is 0.123 e. The molecule has 1 aromatic carbocycles. The summed E-state index contributed by atoms with van der Waals surface area (Å²) in [7, 11) is 0. The normalized spacial score (nSPS) is 14.1. The molecule has 100 valence electrons. The van der Waals surface area contributed by atoms with E-state index in [0.717, 1.165) is 5.69 Å². The van der Waals surface area contributed by atoms with Gasteiger partial charge >= 0.3 is 0 Å². The van der Waals surface area contributed by atoms with Gasteiger partial charge < -0.3 is 10.4 Å². The minimum Gasteiger partial charge on any atom is -0.387 e. The molecule has 0 radical (unpaired) electrons. The number of aliphatic hydroxyl groups excluding tert-OH is 1. The van der Waals surface area contributed by atoms with E-state index in [2.05, 4.69) is 10.3 Å². The van der Waals surface area contributed by atoms with Gasteiger partial charge in [-0.2, -0.15) is 0 Å². The van der Waals surface area contributed by atoms with Crippen molar-refractivity contribution in [3.8, 4) is 0 Å². The fourth-order valence-electron chi connectivity index (χ4n) is 1.86. The number of halogens is 1. The molecule has 0 spiro atoms. The van der Waals surface area contributed by atoms with Crippen molar-refractivity contribution in [3.05, 3.63) is 65.7 Å². The van der Waals surface area contributed by atoms with Crippen LogP contribution in [0.1, 0.15) is 30.3 Å². The van der Waals surface area contributed by atoms with Crippen LogP contribution in [0.5, 0.6) is 0 Å². The average molecular weight is 260 g/mol. The molecule has 0 amide bonds. The van der Waals surface area contributed by atoms with Crippen LogP contribution in [0.15, 0.2) is 48.7 Å². The molecule has 19 heavy (non-hydrogen) atoms. The lowest BCUT2D eigenvalue weighted by Gasteiger charge is -2.17. The van der Waals surface area contributed by atoms with Gasteiger partial charge in [0.25, 0.3) is 0 Å². The monoisotopic (exact) mass is 260 g/mol. The number of hydrogen-bond acceptors (Lipinski definition) is 3. The lowest BCUT2D eigenvalue weighted by molar-refractivity contribution is 0.170. The number of nitrogens with one attached hydrogen (secondary N) is 1. The third kappa shape index (κ3) is 3.84. The van der Waals surface area contributed by atoms with Gasteiger partial charge in [0.15, 0.2) is 0 Å². The molecule has 0 saturated heterocycles. The van der Waals surface area contributed by atoms with E-state index in [4.69, 9.17) is 0 Å². The maximum atomic E-state index is 13.0. The Morgan fingerprint density at radius 3 is 2.79 bits per heavy atom. The van der Waals surface area contributed by atoms with Gasteiger partial charge in [0.2, 0.25) is 0 Å². The molecule has 2 rings (SSSR count). The predicted molar refractivity (Wildman–Crippen MR) is 72.0 cm³/mol. The van der Waals surface area contributed by atoms with E-state index >= 15 is 0 Å². The van der Waals surface area contributed by atoms with Crippen LogP contribution >= 0.6 is 0 Å². The summed E-state index contributed by atoms with van der Waals surface area (Å²) in [5.41, 5.74) is 1.48. The van der Waals surface area contributed by atoms with E-state index in [-0.39, 0.29) is 11.9 Å². The van der Waals surface area contributed by atoms with Crippen molar-refractivity contribution in [1.29, 1.82) is 0 Å². The van der Waals surface area contributed by atoms with Gasteiger partial charge in [-0.15, -0.1) is 0 Å². The summed E-state index contributed by atoms with van der Waals surface area (Å²) in [4.78, 5) is 4.24. The third-order valence-electron chi connectivity index (χ3n) is 2.98. The van der Waals surface area contributed by atoms with E-state index < -0.39 is 6.10 Å². The van der Waals surface area contributed by atoms with Crippen LogP contribution in [0.25, 0.3) is 0 Å². The van der Waals surface area contributed by atoms with Gasteiger partial charge in [-0.05, 0) is 36.8 Å². The van der Waals surface area contributed by atoms with Crippen LogP contribution in [0.4, 0.5) is 4.39 Å². The summed E-state index contributed by atoms with van der Waals surface area (Å²) in [5, 5.41) is 13.2. The Bertz CT molecular complexity index is 519. The van der Waals surface area contributed by atoms with Crippen molar-refractivity contribution >= 4 is 0 Å². The SMILES string of the molecule is C[C@H](NCC(O)c1cccc(F)c1)c1ccccn1. The fourth-order valence-corrected chi connectivity index (χ4v) is 1.86. The molecule has 1 aromatic heterocycles. The van der Waals surface area contributed by atoms with Gasteiger partial charge in [0, 0.05) is 18.8 Å². The third-order valence-corrected chi connectivity index (χ3v) is 2.98. The number of rotatable bonds is 5. The summed E-state index contributed by atoms with van der Waals surface area (Å²) in [6, 6.07) is 11.7. The second-order valence-electron chi connectivity index (χ2n) is 4.46. The van der Waals surface area contributed by atoms with Crippen molar-refractivity contribution in [2.75, 3.05) is 6.54 Å². The molecule has 0 aliphatic heterocycles. The molecule has 4 heteroatoms. The van der Waals surface area contributed by atoms with E-state index in [1.807, 2.05) is 25.1 Å². The van der Waals surface area contributed by atoms with Gasteiger partial charge in [-0.25, -0.2) is 4.39 Å². The first-order chi connectivity index (χ1) is 9.16. The molecular formula is C15H17FN2O. The van der Waals surface area contributed by atoms with E-state index in [9.17, 15) is 9.50 Å². The van der Waals surface area contributed by atoms with Crippen molar-refractivity contribution in [2.45, 2.75) is 19.1 Å². The molecule has 0 aliphatic rings. The Balaban J connectivity index is 1.92. The number of aliphatic hydroxyl groups is 1. The zero-order valence-corrected chi connectivity index (χ0v) is 10.8. The Labute approximate surface area is 112 Å². The van der Waals surface area contributed by atoms with Crippen LogP contribution in [-0.2, 0) is 0 Å². The number of hydrogen-bond donors (Lipinski definition) is 2. The van der Waals surface area contributed by atoms with E-state index in [1.165, 1.54) is 12.1 Å². The highest BCUT2D eigenvalue weighted by Gasteiger charge is 2.11. The summed E-state index contributed by atoms with van der Waals surface area (Å²) in [5.74, 6) is -0.339. The average Bonchev–Trinajstić information content (AvgIpc) is 2.45. The molecule has 2 aromatic rings. The molecule has 1 heterocycles. The molecule has 2 atom stereocenters. The van der Waals surface area contributed by atoms with E-state index in [0.29, 0.717) is 12.1 Å². The quantitative estimate of drug-likeness (QED) is 0.868. The van der Waals surface area contributed by atoms with Crippen LogP contribution < -0.4 is 5.32 Å². The number of benzene rings is 1. The van der Waals surface area contributed by atoms with Gasteiger partial charge in [-0.1, -0.05) is 18.2 Å². The predicted octanol–water partition coefficient (Wildman–Crippen LogP) is 2.60. The first kappa shape index (κ1) is 13.6. The maximum absolute atomic E-state index is 13.0. The van der Waals surface area contributed by atoms with Gasteiger partial charge in [0.05, 0.1) is 11.8 Å². The lowest BCUT2D eigenvalue weighted by atomic mass is 10.1. The van der Waals surface area contributed by atoms with Crippen molar-refractivity contribution in [2.24, 2.45) is 0 Å².